The van der Waals surface area contributed by atoms with E-state index >= 15 is 0 Å². The van der Waals surface area contributed by atoms with Crippen molar-refractivity contribution in [1.82, 2.24) is 0 Å². The van der Waals surface area contributed by atoms with Gasteiger partial charge in [-0.05, 0) is 6.07 Å². The summed E-state index contributed by atoms with van der Waals surface area (Å²) in [5, 5.41) is 8.20. The molecular formula is C8H6ClF3O. The summed E-state index contributed by atoms with van der Waals surface area (Å²) < 4.78 is 37.5. The molecule has 0 aliphatic carbocycles. The fourth-order valence-corrected chi connectivity index (χ4v) is 1.05. The molecule has 0 aliphatic rings. The van der Waals surface area contributed by atoms with Crippen LogP contribution in [0.3, 0.4) is 0 Å². The molecule has 0 fully saturated rings. The van der Waals surface area contributed by atoms with E-state index < -0.39 is 29.4 Å². The maximum Gasteiger partial charge on any atom is 0.150 e. The Morgan fingerprint density at radius 3 is 2.54 bits per heavy atom. The zero-order chi connectivity index (χ0) is 10.0. The van der Waals surface area contributed by atoms with Crippen molar-refractivity contribution < 1.29 is 18.3 Å². The Labute approximate surface area is 77.8 Å². The molecule has 1 rings (SSSR count). The van der Waals surface area contributed by atoms with E-state index in [1.165, 1.54) is 0 Å². The SMILES string of the molecule is OC(CF)c1ccc(F)c(Cl)c1F. The lowest BCUT2D eigenvalue weighted by Crippen LogP contribution is -2.03. The lowest BCUT2D eigenvalue weighted by atomic mass is 10.1. The van der Waals surface area contributed by atoms with Gasteiger partial charge in [-0.15, -0.1) is 0 Å². The topological polar surface area (TPSA) is 20.2 Å². The minimum absolute atomic E-state index is 0.339. The van der Waals surface area contributed by atoms with Crippen molar-refractivity contribution in [2.75, 3.05) is 6.67 Å². The monoisotopic (exact) mass is 210 g/mol. The van der Waals surface area contributed by atoms with Crippen molar-refractivity contribution in [1.29, 1.82) is 0 Å². The molecule has 1 nitrogen and oxygen atoms in total. The van der Waals surface area contributed by atoms with Crippen LogP contribution in [0.1, 0.15) is 11.7 Å². The zero-order valence-corrected chi connectivity index (χ0v) is 7.15. The first-order valence-electron chi connectivity index (χ1n) is 3.45. The first-order chi connectivity index (χ1) is 6.07. The highest BCUT2D eigenvalue weighted by atomic mass is 35.5. The Hall–Kier alpha value is -0.740. The molecule has 0 radical (unpaired) electrons. The molecule has 0 heterocycles. The fourth-order valence-electron chi connectivity index (χ4n) is 0.881. The van der Waals surface area contributed by atoms with Gasteiger partial charge < -0.3 is 5.11 Å². The largest absolute Gasteiger partial charge is 0.386 e. The van der Waals surface area contributed by atoms with Crippen molar-refractivity contribution in [3.63, 3.8) is 0 Å². The summed E-state index contributed by atoms with van der Waals surface area (Å²) in [6.45, 7) is -1.14. The molecule has 0 spiro atoms. The van der Waals surface area contributed by atoms with Crippen LogP contribution in [0, 0.1) is 11.6 Å². The van der Waals surface area contributed by atoms with Crippen molar-refractivity contribution in [3.8, 4) is 0 Å². The van der Waals surface area contributed by atoms with Crippen molar-refractivity contribution in [2.45, 2.75) is 6.10 Å². The van der Waals surface area contributed by atoms with Crippen LogP contribution >= 0.6 is 11.6 Å². The number of alkyl halides is 1. The number of halogens is 4. The zero-order valence-electron chi connectivity index (χ0n) is 6.40. The number of hydrogen-bond donors (Lipinski definition) is 1. The molecule has 13 heavy (non-hydrogen) atoms. The quantitative estimate of drug-likeness (QED) is 0.744. The summed E-state index contributed by atoms with van der Waals surface area (Å²) >= 11 is 5.20. The standard InChI is InChI=1S/C8H6ClF3O/c9-7-5(11)2-1-4(8(7)12)6(13)3-10/h1-2,6,13H,3H2. The predicted octanol–water partition coefficient (Wildman–Crippen LogP) is 2.62. The van der Waals surface area contributed by atoms with Gasteiger partial charge in [0.05, 0.1) is 0 Å². The number of rotatable bonds is 2. The second-order valence-electron chi connectivity index (χ2n) is 2.43. The van der Waals surface area contributed by atoms with E-state index in [0.717, 1.165) is 12.1 Å². The lowest BCUT2D eigenvalue weighted by Gasteiger charge is -2.08. The third kappa shape index (κ3) is 1.95. The van der Waals surface area contributed by atoms with Crippen molar-refractivity contribution in [2.24, 2.45) is 0 Å². The summed E-state index contributed by atoms with van der Waals surface area (Å²) in [7, 11) is 0. The summed E-state index contributed by atoms with van der Waals surface area (Å²) in [6, 6.07) is 1.83. The van der Waals surface area contributed by atoms with Gasteiger partial charge in [0.15, 0.2) is 5.82 Å². The first-order valence-corrected chi connectivity index (χ1v) is 3.83. The van der Waals surface area contributed by atoms with Crippen LogP contribution in [0.15, 0.2) is 12.1 Å². The maximum absolute atomic E-state index is 13.0. The van der Waals surface area contributed by atoms with Gasteiger partial charge in [0.1, 0.15) is 23.6 Å². The Morgan fingerprint density at radius 1 is 1.38 bits per heavy atom. The van der Waals surface area contributed by atoms with Gasteiger partial charge in [0.25, 0.3) is 0 Å². The van der Waals surface area contributed by atoms with Gasteiger partial charge in [-0.25, -0.2) is 13.2 Å². The minimum Gasteiger partial charge on any atom is -0.386 e. The summed E-state index contributed by atoms with van der Waals surface area (Å²) in [5.74, 6) is -2.05. The number of aliphatic hydroxyl groups excluding tert-OH is 1. The van der Waals surface area contributed by atoms with Crippen LogP contribution in [0.4, 0.5) is 13.2 Å². The molecule has 1 aromatic carbocycles. The molecule has 0 bridgehead atoms. The van der Waals surface area contributed by atoms with Crippen LogP contribution in [0.25, 0.3) is 0 Å². The second kappa shape index (κ2) is 3.98. The highest BCUT2D eigenvalue weighted by molar-refractivity contribution is 6.30. The number of aliphatic hydroxyl groups is 1. The molecular weight excluding hydrogens is 205 g/mol. The van der Waals surface area contributed by atoms with Crippen molar-refractivity contribution in [3.05, 3.63) is 34.4 Å². The van der Waals surface area contributed by atoms with Gasteiger partial charge in [0, 0.05) is 5.56 Å². The average Bonchev–Trinajstić information content (AvgIpc) is 2.13. The van der Waals surface area contributed by atoms with E-state index in [2.05, 4.69) is 0 Å². The van der Waals surface area contributed by atoms with Gasteiger partial charge in [0.2, 0.25) is 0 Å². The Balaban J connectivity index is 3.18. The van der Waals surface area contributed by atoms with E-state index in [0.29, 0.717) is 0 Å². The maximum atomic E-state index is 13.0. The van der Waals surface area contributed by atoms with E-state index in [9.17, 15) is 13.2 Å². The smallest absolute Gasteiger partial charge is 0.150 e. The van der Waals surface area contributed by atoms with Crippen LogP contribution < -0.4 is 0 Å². The van der Waals surface area contributed by atoms with Crippen LogP contribution in [0.5, 0.6) is 0 Å². The molecule has 5 heteroatoms. The van der Waals surface area contributed by atoms with Gasteiger partial charge in [-0.2, -0.15) is 0 Å². The third-order valence-corrected chi connectivity index (χ3v) is 1.92. The van der Waals surface area contributed by atoms with Crippen LogP contribution in [-0.4, -0.2) is 11.8 Å². The lowest BCUT2D eigenvalue weighted by molar-refractivity contribution is 0.137. The molecule has 1 atom stereocenters. The van der Waals surface area contributed by atoms with E-state index in [1.807, 2.05) is 0 Å². The van der Waals surface area contributed by atoms with E-state index in [4.69, 9.17) is 16.7 Å². The summed E-state index contributed by atoms with van der Waals surface area (Å²) in [4.78, 5) is 0. The van der Waals surface area contributed by atoms with Gasteiger partial charge >= 0.3 is 0 Å². The van der Waals surface area contributed by atoms with Gasteiger partial charge in [-0.3, -0.25) is 0 Å². The van der Waals surface area contributed by atoms with Crippen LogP contribution in [0.2, 0.25) is 5.02 Å². The molecule has 0 amide bonds. The van der Waals surface area contributed by atoms with E-state index in [-0.39, 0.29) is 5.56 Å². The number of benzene rings is 1. The highest BCUT2D eigenvalue weighted by Gasteiger charge is 2.17. The van der Waals surface area contributed by atoms with Gasteiger partial charge in [-0.1, -0.05) is 17.7 Å². The summed E-state index contributed by atoms with van der Waals surface area (Å²) in [6.07, 6.45) is -1.60. The Kier molecular flexibility index (Phi) is 3.17. The first kappa shape index (κ1) is 10.3. The van der Waals surface area contributed by atoms with E-state index in [1.54, 1.807) is 0 Å². The Bertz CT molecular complexity index is 317. The molecule has 1 aromatic rings. The molecule has 0 aliphatic heterocycles. The third-order valence-electron chi connectivity index (χ3n) is 1.57. The molecule has 1 N–H and O–H groups in total. The molecule has 72 valence electrons. The second-order valence-corrected chi connectivity index (χ2v) is 2.81. The fraction of sp³-hybridized carbons (Fsp3) is 0.250. The molecule has 0 saturated heterocycles. The molecule has 1 unspecified atom stereocenters. The van der Waals surface area contributed by atoms with Crippen molar-refractivity contribution >= 4 is 11.6 Å². The number of hydrogen-bond acceptors (Lipinski definition) is 1. The highest BCUT2D eigenvalue weighted by Crippen LogP contribution is 2.26. The predicted molar refractivity (Wildman–Crippen MR) is 42.3 cm³/mol. The minimum atomic E-state index is -1.60. The molecule has 0 saturated carbocycles. The molecule has 0 aromatic heterocycles. The normalized spacial score (nSPS) is 13.0. The Morgan fingerprint density at radius 2 is 2.00 bits per heavy atom. The van der Waals surface area contributed by atoms with Crippen LogP contribution in [-0.2, 0) is 0 Å². The average molecular weight is 211 g/mol. The summed E-state index contributed by atoms with van der Waals surface area (Å²) in [5.41, 5.74) is -0.339.